The molecule has 0 aliphatic carbocycles. The molecule has 1 N–H and O–H groups in total. The first-order valence-electron chi connectivity index (χ1n) is 11.6. The van der Waals surface area contributed by atoms with Crippen molar-refractivity contribution >= 4 is 17.3 Å². The number of anilines is 2. The Morgan fingerprint density at radius 2 is 1.94 bits per heavy atom. The molecule has 0 spiro atoms. The van der Waals surface area contributed by atoms with Crippen LogP contribution in [0, 0.1) is 5.92 Å². The van der Waals surface area contributed by atoms with Gasteiger partial charge in [-0.25, -0.2) is 23.7 Å². The van der Waals surface area contributed by atoms with Gasteiger partial charge < -0.3 is 9.80 Å². The summed E-state index contributed by atoms with van der Waals surface area (Å²) in [5, 5.41) is 7.02. The molecule has 5 heterocycles. The molecule has 1 fully saturated rings. The van der Waals surface area contributed by atoms with Crippen LogP contribution < -0.4 is 9.80 Å². The maximum Gasteiger partial charge on any atom is 0.225 e. The van der Waals surface area contributed by atoms with E-state index < -0.39 is 13.3 Å². The minimum Gasteiger partial charge on any atom is -0.365 e. The molecule has 1 saturated heterocycles. The maximum atomic E-state index is 13.0. The monoisotopic (exact) mass is 466 g/mol. The van der Waals surface area contributed by atoms with Crippen molar-refractivity contribution in [3.8, 4) is 11.4 Å². The summed E-state index contributed by atoms with van der Waals surface area (Å²) in [6.07, 6.45) is 10.4. The summed E-state index contributed by atoms with van der Waals surface area (Å²) in [6.45, 7) is 3.15. The van der Waals surface area contributed by atoms with Crippen molar-refractivity contribution in [2.75, 3.05) is 49.3 Å². The number of halogens is 2. The molecule has 0 aromatic carbocycles. The number of piperidine rings is 1. The first-order valence-corrected chi connectivity index (χ1v) is 11.6. The van der Waals surface area contributed by atoms with Crippen LogP contribution in [0.3, 0.4) is 0 Å². The minimum atomic E-state index is -0.543. The van der Waals surface area contributed by atoms with Crippen molar-refractivity contribution in [3.05, 3.63) is 54.7 Å². The van der Waals surface area contributed by atoms with Crippen molar-refractivity contribution in [3.63, 3.8) is 0 Å². The molecule has 8 nitrogen and oxygen atoms in total. The van der Waals surface area contributed by atoms with Crippen molar-refractivity contribution in [1.29, 1.82) is 0 Å². The fourth-order valence-electron chi connectivity index (χ4n) is 4.80. The number of imidazole rings is 1. The molecule has 0 unspecified atom stereocenters. The number of rotatable bonds is 8. The lowest BCUT2D eigenvalue weighted by atomic mass is 9.87. The van der Waals surface area contributed by atoms with E-state index in [1.165, 1.54) is 5.56 Å². The molecule has 178 valence electrons. The number of H-pyrrole nitrogens is 1. The van der Waals surface area contributed by atoms with Crippen LogP contribution in [0.1, 0.15) is 24.8 Å². The van der Waals surface area contributed by atoms with Gasteiger partial charge in [-0.05, 0) is 36.1 Å². The highest BCUT2D eigenvalue weighted by Crippen LogP contribution is 2.32. The van der Waals surface area contributed by atoms with Crippen LogP contribution in [0.25, 0.3) is 17.0 Å². The minimum absolute atomic E-state index is 0.141. The first-order chi connectivity index (χ1) is 16.7. The highest BCUT2D eigenvalue weighted by Gasteiger charge is 2.28. The Labute approximate surface area is 196 Å². The van der Waals surface area contributed by atoms with Crippen molar-refractivity contribution < 1.29 is 8.78 Å². The summed E-state index contributed by atoms with van der Waals surface area (Å²) in [5.74, 6) is 1.54. The van der Waals surface area contributed by atoms with Crippen LogP contribution in [-0.2, 0) is 0 Å². The number of hydrogen-bond donors (Lipinski definition) is 1. The molecule has 0 saturated carbocycles. The van der Waals surface area contributed by atoms with Crippen LogP contribution in [0.5, 0.6) is 0 Å². The smallest absolute Gasteiger partial charge is 0.225 e. The van der Waals surface area contributed by atoms with Crippen molar-refractivity contribution in [2.45, 2.75) is 19.3 Å². The number of alkyl halides is 2. The number of pyridine rings is 1. The van der Waals surface area contributed by atoms with Gasteiger partial charge in [-0.1, -0.05) is 6.92 Å². The lowest BCUT2D eigenvalue weighted by molar-refractivity contribution is 0.398. The molecular formula is C24H28F2N8. The highest BCUT2D eigenvalue weighted by atomic mass is 19.1. The van der Waals surface area contributed by atoms with Gasteiger partial charge in [0.2, 0.25) is 5.95 Å². The highest BCUT2D eigenvalue weighted by molar-refractivity contribution is 5.63. The Kier molecular flexibility index (Phi) is 6.37. The molecule has 4 aromatic rings. The molecule has 0 amide bonds. The number of fused-ring (bicyclic) bond motifs is 1. The normalized spacial score (nSPS) is 18.5. The molecule has 0 bridgehead atoms. The Hall–Kier alpha value is -3.56. The van der Waals surface area contributed by atoms with Gasteiger partial charge in [0.05, 0.1) is 29.5 Å². The van der Waals surface area contributed by atoms with Crippen LogP contribution in [0.4, 0.5) is 20.4 Å². The average Bonchev–Trinajstić information content (AvgIpc) is 3.54. The summed E-state index contributed by atoms with van der Waals surface area (Å²) in [6, 6.07) is 5.56. The van der Waals surface area contributed by atoms with E-state index in [9.17, 15) is 8.78 Å². The Morgan fingerprint density at radius 3 is 2.71 bits per heavy atom. The van der Waals surface area contributed by atoms with E-state index in [4.69, 9.17) is 4.98 Å². The molecule has 0 radical (unpaired) electrons. The van der Waals surface area contributed by atoms with E-state index in [1.54, 1.807) is 17.3 Å². The maximum absolute atomic E-state index is 13.0. The second kappa shape index (κ2) is 9.74. The summed E-state index contributed by atoms with van der Waals surface area (Å²) >= 11 is 0. The summed E-state index contributed by atoms with van der Waals surface area (Å²) in [4.78, 5) is 17.9. The third-order valence-electron chi connectivity index (χ3n) is 6.40. The summed E-state index contributed by atoms with van der Waals surface area (Å²) in [5.41, 5.74) is 4.23. The van der Waals surface area contributed by atoms with Gasteiger partial charge in [-0.2, -0.15) is 5.10 Å². The van der Waals surface area contributed by atoms with Crippen LogP contribution in [0.2, 0.25) is 0 Å². The van der Waals surface area contributed by atoms with Crippen LogP contribution in [0.15, 0.2) is 49.2 Å². The number of aromatic nitrogens is 6. The third kappa shape index (κ3) is 4.44. The van der Waals surface area contributed by atoms with Gasteiger partial charge >= 0.3 is 0 Å². The van der Waals surface area contributed by atoms with Crippen molar-refractivity contribution in [1.82, 2.24) is 29.5 Å². The lowest BCUT2D eigenvalue weighted by Gasteiger charge is -2.36. The predicted molar refractivity (Wildman–Crippen MR) is 128 cm³/mol. The van der Waals surface area contributed by atoms with E-state index in [2.05, 4.69) is 32.0 Å². The van der Waals surface area contributed by atoms with Gasteiger partial charge in [-0.3, -0.25) is 9.50 Å². The zero-order valence-electron chi connectivity index (χ0n) is 19.1. The van der Waals surface area contributed by atoms with E-state index >= 15 is 0 Å². The zero-order valence-corrected chi connectivity index (χ0v) is 19.1. The van der Waals surface area contributed by atoms with E-state index in [1.807, 2.05) is 41.2 Å². The molecule has 2 atom stereocenters. The van der Waals surface area contributed by atoms with E-state index in [-0.39, 0.29) is 13.1 Å². The van der Waals surface area contributed by atoms with Gasteiger partial charge in [0.15, 0.2) is 0 Å². The number of aromatic amines is 1. The molecule has 1 aliphatic rings. The van der Waals surface area contributed by atoms with E-state index in [0.29, 0.717) is 17.8 Å². The second-order valence-corrected chi connectivity index (χ2v) is 8.84. The van der Waals surface area contributed by atoms with E-state index in [0.717, 1.165) is 42.2 Å². The Bertz CT molecular complexity index is 1220. The number of nitrogens with one attached hydrogen (secondary N) is 1. The molecule has 34 heavy (non-hydrogen) atoms. The standard InChI is InChI=1S/C24H28F2N8/c1-17-10-18(19-11-29-30-12-19)15-33(14-17)24-27-7-4-21(31-24)22-13-28-23-3-2-20(16-34(22)23)32(8-5-25)9-6-26/h2-4,7,11-13,16-18H,5-6,8-10,14-15H2,1H3,(H,29,30)/t17-,18-/m0/s1. The lowest BCUT2D eigenvalue weighted by Crippen LogP contribution is -2.39. The molecule has 5 rings (SSSR count). The Balaban J connectivity index is 1.46. The SMILES string of the molecule is C[C@H]1C[C@H](c2cn[nH]c2)CN(c2nccc(-c3cnc4ccc(N(CCF)CCF)cn34)n2)C1. The topological polar surface area (TPSA) is 78.2 Å². The van der Waals surface area contributed by atoms with Gasteiger partial charge in [-0.15, -0.1) is 0 Å². The third-order valence-corrected chi connectivity index (χ3v) is 6.40. The molecular weight excluding hydrogens is 438 g/mol. The molecule has 1 aliphatic heterocycles. The van der Waals surface area contributed by atoms with Gasteiger partial charge in [0, 0.05) is 50.7 Å². The largest absolute Gasteiger partial charge is 0.365 e. The summed E-state index contributed by atoms with van der Waals surface area (Å²) in [7, 11) is 0. The fourth-order valence-corrected chi connectivity index (χ4v) is 4.80. The van der Waals surface area contributed by atoms with Gasteiger partial charge in [0.25, 0.3) is 0 Å². The number of nitrogens with zero attached hydrogens (tertiary/aromatic N) is 7. The fraction of sp³-hybridized carbons (Fsp3) is 0.417. The Morgan fingerprint density at radius 1 is 1.09 bits per heavy atom. The summed E-state index contributed by atoms with van der Waals surface area (Å²) < 4.78 is 27.9. The predicted octanol–water partition coefficient (Wildman–Crippen LogP) is 3.89. The number of hydrogen-bond acceptors (Lipinski definition) is 6. The van der Waals surface area contributed by atoms with Crippen molar-refractivity contribution in [2.24, 2.45) is 5.92 Å². The first kappa shape index (κ1) is 22.2. The van der Waals surface area contributed by atoms with Gasteiger partial charge in [0.1, 0.15) is 19.0 Å². The zero-order chi connectivity index (χ0) is 23.5. The second-order valence-electron chi connectivity index (χ2n) is 8.84. The average molecular weight is 467 g/mol. The van der Waals surface area contributed by atoms with Crippen LogP contribution in [-0.4, -0.2) is 69.1 Å². The quantitative estimate of drug-likeness (QED) is 0.425. The molecule has 4 aromatic heterocycles. The van der Waals surface area contributed by atoms with Crippen LogP contribution >= 0.6 is 0 Å². The molecule has 10 heteroatoms.